The molecule has 1 aliphatic rings. The third kappa shape index (κ3) is 4.35. The first-order valence-electron chi connectivity index (χ1n) is 5.74. The van der Waals surface area contributed by atoms with E-state index in [4.69, 9.17) is 9.47 Å². The van der Waals surface area contributed by atoms with E-state index in [2.05, 4.69) is 9.80 Å². The minimum Gasteiger partial charge on any atom is -0.489 e. The van der Waals surface area contributed by atoms with Gasteiger partial charge in [-0.1, -0.05) is 0 Å². The molecule has 0 N–H and O–H groups in total. The molecule has 0 spiro atoms. The number of ether oxygens (including phenoxy) is 2. The summed E-state index contributed by atoms with van der Waals surface area (Å²) in [5.41, 5.74) is 0. The zero-order valence-corrected chi connectivity index (χ0v) is 10.8. The van der Waals surface area contributed by atoms with Crippen LogP contribution in [0.1, 0.15) is 0 Å². The summed E-state index contributed by atoms with van der Waals surface area (Å²) in [6, 6.07) is 0. The monoisotopic (exact) mass is 254 g/mol. The van der Waals surface area contributed by atoms with Crippen LogP contribution < -0.4 is 0 Å². The standard InChI is InChI=1S/C12H18N2O4/c1-17-11(9-15)7-13-3-5-14(6-4-13)8-12(10-16)18-2/h3-8H2,1-2H3. The Bertz CT molecular complexity index is 326. The van der Waals surface area contributed by atoms with E-state index in [1.807, 2.05) is 0 Å². The molecule has 0 aromatic heterocycles. The Kier molecular flexibility index (Phi) is 6.19. The minimum absolute atomic E-state index is 0.314. The molecular weight excluding hydrogens is 236 g/mol. The van der Waals surface area contributed by atoms with Crippen molar-refractivity contribution in [1.29, 1.82) is 0 Å². The van der Waals surface area contributed by atoms with Crippen molar-refractivity contribution < 1.29 is 19.1 Å². The fraction of sp³-hybridized carbons (Fsp3) is 0.667. The van der Waals surface area contributed by atoms with Crippen molar-refractivity contribution in [2.75, 3.05) is 53.5 Å². The SMILES string of the molecule is COC(=C=O)CN1CCN(CC(=C=O)OC)CC1. The summed E-state index contributed by atoms with van der Waals surface area (Å²) in [7, 11) is 2.94. The Morgan fingerprint density at radius 3 is 1.44 bits per heavy atom. The molecule has 0 unspecified atom stereocenters. The van der Waals surface area contributed by atoms with Crippen LogP contribution in [0.5, 0.6) is 0 Å². The molecule has 0 aromatic rings. The van der Waals surface area contributed by atoms with Crippen LogP contribution in [0, 0.1) is 0 Å². The maximum atomic E-state index is 10.5. The predicted octanol–water partition coefficient (Wildman–Crippen LogP) is -0.672. The van der Waals surface area contributed by atoms with Crippen LogP contribution in [0.4, 0.5) is 0 Å². The topological polar surface area (TPSA) is 59.1 Å². The fourth-order valence-electron chi connectivity index (χ4n) is 1.79. The number of rotatable bonds is 6. The second-order valence-electron chi connectivity index (χ2n) is 4.01. The van der Waals surface area contributed by atoms with Gasteiger partial charge in [0.05, 0.1) is 27.3 Å². The lowest BCUT2D eigenvalue weighted by Crippen LogP contribution is -2.47. The first kappa shape index (κ1) is 14.5. The van der Waals surface area contributed by atoms with Crippen molar-refractivity contribution in [2.45, 2.75) is 0 Å². The molecule has 1 fully saturated rings. The fourth-order valence-corrected chi connectivity index (χ4v) is 1.79. The average Bonchev–Trinajstić information content (AvgIpc) is 2.43. The number of methoxy groups -OCH3 is 2. The molecule has 0 aromatic carbocycles. The highest BCUT2D eigenvalue weighted by Crippen LogP contribution is 2.06. The molecular formula is C12H18N2O4. The van der Waals surface area contributed by atoms with Crippen LogP contribution >= 0.6 is 0 Å². The molecule has 0 saturated carbocycles. The first-order valence-corrected chi connectivity index (χ1v) is 5.74. The van der Waals surface area contributed by atoms with Gasteiger partial charge in [0, 0.05) is 26.2 Å². The minimum atomic E-state index is 0.314. The second-order valence-corrected chi connectivity index (χ2v) is 4.01. The molecule has 0 amide bonds. The summed E-state index contributed by atoms with van der Waals surface area (Å²) < 4.78 is 9.78. The third-order valence-corrected chi connectivity index (χ3v) is 2.92. The predicted molar refractivity (Wildman–Crippen MR) is 65.3 cm³/mol. The van der Waals surface area contributed by atoms with Crippen LogP contribution in [0.2, 0.25) is 0 Å². The van der Waals surface area contributed by atoms with Gasteiger partial charge in [0.2, 0.25) is 0 Å². The summed E-state index contributed by atoms with van der Waals surface area (Å²) >= 11 is 0. The summed E-state index contributed by atoms with van der Waals surface area (Å²) in [4.78, 5) is 25.2. The lowest BCUT2D eigenvalue weighted by atomic mass is 10.3. The summed E-state index contributed by atoms with van der Waals surface area (Å²) in [5, 5.41) is 0. The van der Waals surface area contributed by atoms with Gasteiger partial charge in [0.1, 0.15) is 0 Å². The van der Waals surface area contributed by atoms with E-state index in [-0.39, 0.29) is 0 Å². The van der Waals surface area contributed by atoms with Gasteiger partial charge in [-0.15, -0.1) is 0 Å². The van der Waals surface area contributed by atoms with Gasteiger partial charge < -0.3 is 9.47 Å². The molecule has 18 heavy (non-hydrogen) atoms. The molecule has 6 heteroatoms. The van der Waals surface area contributed by atoms with Crippen molar-refractivity contribution in [3.05, 3.63) is 11.5 Å². The van der Waals surface area contributed by atoms with Crippen LogP contribution in [-0.2, 0) is 19.1 Å². The molecule has 1 aliphatic heterocycles. The van der Waals surface area contributed by atoms with Gasteiger partial charge in [-0.2, -0.15) is 0 Å². The highest BCUT2D eigenvalue weighted by Gasteiger charge is 2.19. The number of nitrogens with zero attached hydrogens (tertiary/aromatic N) is 2. The maximum absolute atomic E-state index is 10.5. The van der Waals surface area contributed by atoms with Gasteiger partial charge in [0.25, 0.3) is 0 Å². The second kappa shape index (κ2) is 7.69. The van der Waals surface area contributed by atoms with E-state index in [0.717, 1.165) is 26.2 Å². The van der Waals surface area contributed by atoms with Crippen LogP contribution in [0.25, 0.3) is 0 Å². The highest BCUT2D eigenvalue weighted by molar-refractivity contribution is 5.50. The van der Waals surface area contributed by atoms with Gasteiger partial charge in [-0.3, -0.25) is 9.80 Å². The zero-order chi connectivity index (χ0) is 13.4. The van der Waals surface area contributed by atoms with Crippen molar-refractivity contribution in [3.8, 4) is 0 Å². The summed E-state index contributed by atoms with van der Waals surface area (Å²) in [6.45, 7) is 4.20. The van der Waals surface area contributed by atoms with Crippen LogP contribution in [0.15, 0.2) is 11.5 Å². The number of hydrogen-bond donors (Lipinski definition) is 0. The van der Waals surface area contributed by atoms with E-state index >= 15 is 0 Å². The Hall–Kier alpha value is -1.58. The Balaban J connectivity index is 2.37. The smallest absolute Gasteiger partial charge is 0.193 e. The van der Waals surface area contributed by atoms with E-state index in [0.29, 0.717) is 24.6 Å². The first-order chi connectivity index (χ1) is 8.73. The van der Waals surface area contributed by atoms with Crippen molar-refractivity contribution in [2.24, 2.45) is 0 Å². The third-order valence-electron chi connectivity index (χ3n) is 2.92. The molecule has 1 heterocycles. The average molecular weight is 254 g/mol. The molecule has 0 radical (unpaired) electrons. The Morgan fingerprint density at radius 1 is 0.889 bits per heavy atom. The lowest BCUT2D eigenvalue weighted by molar-refractivity contribution is 0.118. The van der Waals surface area contributed by atoms with Crippen molar-refractivity contribution in [3.63, 3.8) is 0 Å². The van der Waals surface area contributed by atoms with E-state index < -0.39 is 0 Å². The van der Waals surface area contributed by atoms with E-state index in [1.54, 1.807) is 11.9 Å². The molecule has 1 saturated heterocycles. The number of hydrogen-bond acceptors (Lipinski definition) is 6. The van der Waals surface area contributed by atoms with E-state index in [9.17, 15) is 9.59 Å². The molecule has 6 nitrogen and oxygen atoms in total. The van der Waals surface area contributed by atoms with Crippen molar-refractivity contribution >= 4 is 11.9 Å². The Labute approximate surface area is 106 Å². The van der Waals surface area contributed by atoms with Gasteiger partial charge in [0.15, 0.2) is 23.4 Å². The number of piperazine rings is 1. The maximum Gasteiger partial charge on any atom is 0.193 e. The normalized spacial score (nSPS) is 16.6. The summed E-state index contributed by atoms with van der Waals surface area (Å²) in [5.74, 6) is 4.18. The van der Waals surface area contributed by atoms with Gasteiger partial charge >= 0.3 is 0 Å². The lowest BCUT2D eigenvalue weighted by Gasteiger charge is -2.34. The van der Waals surface area contributed by atoms with Gasteiger partial charge in [-0.25, -0.2) is 9.59 Å². The largest absolute Gasteiger partial charge is 0.489 e. The zero-order valence-electron chi connectivity index (χ0n) is 10.8. The Morgan fingerprint density at radius 2 is 1.22 bits per heavy atom. The molecule has 100 valence electrons. The number of carbonyl (C=O) groups excluding carboxylic acids is 2. The van der Waals surface area contributed by atoms with E-state index in [1.165, 1.54) is 14.2 Å². The molecule has 1 rings (SSSR count). The highest BCUT2D eigenvalue weighted by atomic mass is 16.5. The van der Waals surface area contributed by atoms with Crippen LogP contribution in [0.3, 0.4) is 0 Å². The molecule has 0 atom stereocenters. The van der Waals surface area contributed by atoms with Gasteiger partial charge in [-0.05, 0) is 0 Å². The molecule has 0 bridgehead atoms. The summed E-state index contributed by atoms with van der Waals surface area (Å²) in [6.07, 6.45) is 0. The quantitative estimate of drug-likeness (QED) is 0.463. The van der Waals surface area contributed by atoms with Crippen molar-refractivity contribution in [1.82, 2.24) is 9.80 Å². The van der Waals surface area contributed by atoms with Crippen LogP contribution in [-0.4, -0.2) is 75.2 Å². The molecule has 0 aliphatic carbocycles.